The summed E-state index contributed by atoms with van der Waals surface area (Å²) in [7, 11) is 1.31. The fourth-order valence-electron chi connectivity index (χ4n) is 3.10. The molecule has 7 nitrogen and oxygen atoms in total. The first-order valence-electron chi connectivity index (χ1n) is 9.58. The van der Waals surface area contributed by atoms with Gasteiger partial charge in [-0.15, -0.1) is 11.8 Å². The van der Waals surface area contributed by atoms with E-state index in [0.717, 1.165) is 10.5 Å². The Morgan fingerprint density at radius 3 is 2.48 bits per heavy atom. The van der Waals surface area contributed by atoms with Crippen molar-refractivity contribution in [3.63, 3.8) is 0 Å². The number of aryl methyl sites for hydroxylation is 1. The van der Waals surface area contributed by atoms with Gasteiger partial charge in [0.05, 0.1) is 12.8 Å². The number of fused-ring (bicyclic) bond motifs is 1. The number of anilines is 1. The number of esters is 1. The first-order chi connectivity index (χ1) is 13.4. The highest BCUT2D eigenvalue weighted by Crippen LogP contribution is 2.37. The zero-order valence-corrected chi connectivity index (χ0v) is 18.9. The number of carbonyl (C=O) groups is 3. The Kier molecular flexibility index (Phi) is 7.21. The van der Waals surface area contributed by atoms with Crippen LogP contribution in [0.5, 0.6) is 0 Å². The van der Waals surface area contributed by atoms with Crippen molar-refractivity contribution >= 4 is 35.4 Å². The molecule has 2 rings (SSSR count). The van der Waals surface area contributed by atoms with Crippen molar-refractivity contribution in [1.29, 1.82) is 0 Å². The van der Waals surface area contributed by atoms with Crippen LogP contribution >= 0.6 is 11.8 Å². The van der Waals surface area contributed by atoms with Crippen molar-refractivity contribution in [2.24, 2.45) is 5.92 Å². The van der Waals surface area contributed by atoms with Crippen LogP contribution in [-0.2, 0) is 19.1 Å². The summed E-state index contributed by atoms with van der Waals surface area (Å²) >= 11 is 1.46. The summed E-state index contributed by atoms with van der Waals surface area (Å²) in [6.45, 7) is 11.0. The van der Waals surface area contributed by atoms with Gasteiger partial charge in [0.25, 0.3) is 5.91 Å². The minimum atomic E-state index is -0.839. The molecule has 29 heavy (non-hydrogen) atoms. The molecule has 160 valence electrons. The number of amides is 2. The SMILES string of the molecule is COC(=O)[C@H](C(C)C)N1C(=O)[C@@H](NC(=O)OC(C)(C)C)CSc2cc(C)ccc21. The number of benzene rings is 1. The number of hydrogen-bond acceptors (Lipinski definition) is 6. The van der Waals surface area contributed by atoms with Gasteiger partial charge < -0.3 is 14.8 Å². The Bertz CT molecular complexity index is 788. The zero-order chi connectivity index (χ0) is 21.9. The normalized spacial score (nSPS) is 18.0. The second kappa shape index (κ2) is 9.07. The average molecular weight is 423 g/mol. The van der Waals surface area contributed by atoms with Gasteiger partial charge in [-0.3, -0.25) is 9.69 Å². The van der Waals surface area contributed by atoms with E-state index < -0.39 is 29.7 Å². The monoisotopic (exact) mass is 422 g/mol. The van der Waals surface area contributed by atoms with Gasteiger partial charge in [-0.25, -0.2) is 9.59 Å². The Labute approximate surface area is 176 Å². The standard InChI is InChI=1S/C21H30N2O5S/c1-12(2)17(19(25)27-7)23-15-9-8-13(3)10-16(15)29-11-14(18(23)24)22-20(26)28-21(4,5)6/h8-10,12,14,17H,11H2,1-7H3,(H,22,26)/t14-,17-/m0/s1. The third-order valence-electron chi connectivity index (χ3n) is 4.36. The van der Waals surface area contributed by atoms with Gasteiger partial charge >= 0.3 is 12.1 Å². The molecular formula is C21H30N2O5S. The minimum Gasteiger partial charge on any atom is -0.467 e. The maximum absolute atomic E-state index is 13.5. The number of methoxy groups -OCH3 is 1. The molecule has 1 heterocycles. The van der Waals surface area contributed by atoms with Gasteiger partial charge in [0.2, 0.25) is 0 Å². The number of rotatable bonds is 4. The van der Waals surface area contributed by atoms with Crippen LogP contribution in [0, 0.1) is 12.8 Å². The van der Waals surface area contributed by atoms with Crippen LogP contribution in [0.1, 0.15) is 40.2 Å². The van der Waals surface area contributed by atoms with Gasteiger partial charge in [-0.05, 0) is 51.3 Å². The summed E-state index contributed by atoms with van der Waals surface area (Å²) in [4.78, 5) is 40.7. The predicted octanol–water partition coefficient (Wildman–Crippen LogP) is 3.52. The van der Waals surface area contributed by atoms with Crippen molar-refractivity contribution in [3.05, 3.63) is 23.8 Å². The van der Waals surface area contributed by atoms with Crippen LogP contribution < -0.4 is 10.2 Å². The number of nitrogens with zero attached hydrogens (tertiary/aromatic N) is 1. The Morgan fingerprint density at radius 2 is 1.93 bits per heavy atom. The van der Waals surface area contributed by atoms with Gasteiger partial charge in [0.15, 0.2) is 0 Å². The van der Waals surface area contributed by atoms with Gasteiger partial charge in [0.1, 0.15) is 17.7 Å². The summed E-state index contributed by atoms with van der Waals surface area (Å²) in [5.41, 5.74) is 1.00. The van der Waals surface area contributed by atoms with E-state index in [1.165, 1.54) is 23.8 Å². The second-order valence-electron chi connectivity index (χ2n) is 8.40. The molecular weight excluding hydrogens is 392 g/mol. The van der Waals surface area contributed by atoms with Gasteiger partial charge in [0, 0.05) is 10.6 Å². The highest BCUT2D eigenvalue weighted by Gasteiger charge is 2.41. The Hall–Kier alpha value is -2.22. The van der Waals surface area contributed by atoms with Crippen molar-refractivity contribution in [1.82, 2.24) is 5.32 Å². The minimum absolute atomic E-state index is 0.189. The quantitative estimate of drug-likeness (QED) is 0.748. The molecule has 0 unspecified atom stereocenters. The number of carbonyl (C=O) groups excluding carboxylic acids is 3. The first-order valence-corrected chi connectivity index (χ1v) is 10.6. The lowest BCUT2D eigenvalue weighted by Gasteiger charge is -2.34. The van der Waals surface area contributed by atoms with Crippen molar-refractivity contribution in [2.45, 2.75) is 64.1 Å². The number of hydrogen-bond donors (Lipinski definition) is 1. The summed E-state index contributed by atoms with van der Waals surface area (Å²) < 4.78 is 10.3. The summed E-state index contributed by atoms with van der Waals surface area (Å²) in [6, 6.07) is 4.06. The zero-order valence-electron chi connectivity index (χ0n) is 18.1. The molecule has 0 saturated carbocycles. The smallest absolute Gasteiger partial charge is 0.408 e. The van der Waals surface area contributed by atoms with E-state index in [0.29, 0.717) is 11.4 Å². The van der Waals surface area contributed by atoms with Crippen LogP contribution in [0.3, 0.4) is 0 Å². The fraction of sp³-hybridized carbons (Fsp3) is 0.571. The second-order valence-corrected chi connectivity index (χ2v) is 9.46. The molecule has 1 aromatic rings. The van der Waals surface area contributed by atoms with E-state index in [2.05, 4.69) is 5.32 Å². The van der Waals surface area contributed by atoms with E-state index in [-0.39, 0.29) is 11.8 Å². The molecule has 2 amide bonds. The maximum atomic E-state index is 13.5. The molecule has 1 aromatic carbocycles. The molecule has 1 N–H and O–H groups in total. The lowest BCUT2D eigenvalue weighted by atomic mass is 10.00. The molecule has 0 aromatic heterocycles. The molecule has 0 radical (unpaired) electrons. The molecule has 0 saturated heterocycles. The van der Waals surface area contributed by atoms with Crippen LogP contribution in [-0.4, -0.2) is 48.5 Å². The fourth-order valence-corrected chi connectivity index (χ4v) is 4.26. The van der Waals surface area contributed by atoms with Crippen LogP contribution in [0.4, 0.5) is 10.5 Å². The predicted molar refractivity (Wildman–Crippen MR) is 113 cm³/mol. The van der Waals surface area contributed by atoms with Crippen molar-refractivity contribution in [2.75, 3.05) is 17.8 Å². The molecule has 0 bridgehead atoms. The van der Waals surface area contributed by atoms with Crippen LogP contribution in [0.15, 0.2) is 23.1 Å². The van der Waals surface area contributed by atoms with Crippen molar-refractivity contribution < 1.29 is 23.9 Å². The third kappa shape index (κ3) is 5.65. The summed E-state index contributed by atoms with van der Waals surface area (Å²) in [6.07, 6.45) is -0.669. The molecule has 8 heteroatoms. The van der Waals surface area contributed by atoms with E-state index in [1.54, 1.807) is 20.8 Å². The molecule has 2 atom stereocenters. The van der Waals surface area contributed by atoms with Crippen LogP contribution in [0.25, 0.3) is 0 Å². The summed E-state index contributed by atoms with van der Waals surface area (Å²) in [5.74, 6) is -0.722. The number of thioether (sulfide) groups is 1. The highest BCUT2D eigenvalue weighted by atomic mass is 32.2. The maximum Gasteiger partial charge on any atom is 0.408 e. The lowest BCUT2D eigenvalue weighted by molar-refractivity contribution is -0.144. The molecule has 0 spiro atoms. The lowest BCUT2D eigenvalue weighted by Crippen LogP contribution is -2.56. The van der Waals surface area contributed by atoms with Gasteiger partial charge in [-0.1, -0.05) is 19.9 Å². The highest BCUT2D eigenvalue weighted by molar-refractivity contribution is 7.99. The molecule has 0 fully saturated rings. The van der Waals surface area contributed by atoms with Gasteiger partial charge in [-0.2, -0.15) is 0 Å². The number of ether oxygens (including phenoxy) is 2. The molecule has 1 aliphatic heterocycles. The Balaban J connectivity index is 2.46. The third-order valence-corrected chi connectivity index (χ3v) is 5.50. The Morgan fingerprint density at radius 1 is 1.28 bits per heavy atom. The van der Waals surface area contributed by atoms with Crippen molar-refractivity contribution in [3.8, 4) is 0 Å². The van der Waals surface area contributed by atoms with Crippen LogP contribution in [0.2, 0.25) is 0 Å². The molecule has 0 aliphatic carbocycles. The molecule has 1 aliphatic rings. The van der Waals surface area contributed by atoms with E-state index in [1.807, 2.05) is 39.0 Å². The summed E-state index contributed by atoms with van der Waals surface area (Å²) in [5, 5.41) is 2.67. The number of alkyl carbamates (subject to hydrolysis) is 1. The first kappa shape index (κ1) is 23.1. The number of nitrogens with one attached hydrogen (secondary N) is 1. The van der Waals surface area contributed by atoms with E-state index >= 15 is 0 Å². The largest absolute Gasteiger partial charge is 0.467 e. The topological polar surface area (TPSA) is 84.9 Å². The van der Waals surface area contributed by atoms with E-state index in [9.17, 15) is 14.4 Å². The van der Waals surface area contributed by atoms with E-state index in [4.69, 9.17) is 9.47 Å². The average Bonchev–Trinajstić information content (AvgIpc) is 2.71.